The molecular formula is C9H18N6. The van der Waals surface area contributed by atoms with Gasteiger partial charge in [-0.1, -0.05) is 6.92 Å². The summed E-state index contributed by atoms with van der Waals surface area (Å²) < 4.78 is 0. The monoisotopic (exact) mass is 210 g/mol. The molecule has 1 rings (SSSR count). The lowest BCUT2D eigenvalue weighted by Gasteiger charge is -2.25. The second kappa shape index (κ2) is 4.79. The molecule has 0 saturated heterocycles. The number of hydrogen-bond acceptors (Lipinski definition) is 6. The first-order valence-electron chi connectivity index (χ1n) is 4.92. The first kappa shape index (κ1) is 11.5. The number of nitrogen functional groups attached to an aromatic ring is 2. The first-order valence-corrected chi connectivity index (χ1v) is 4.92. The molecular weight excluding hydrogens is 192 g/mol. The number of nitrogens with zero attached hydrogens (tertiary/aromatic N) is 3. The van der Waals surface area contributed by atoms with E-state index in [0.717, 1.165) is 12.2 Å². The molecule has 0 aromatic carbocycles. The molecule has 0 aliphatic rings. The maximum absolute atomic E-state index is 5.57. The van der Waals surface area contributed by atoms with Gasteiger partial charge in [0.25, 0.3) is 0 Å². The van der Waals surface area contributed by atoms with Crippen molar-refractivity contribution in [3.8, 4) is 0 Å². The second-order valence-corrected chi connectivity index (χ2v) is 3.48. The third-order valence-electron chi connectivity index (χ3n) is 2.49. The van der Waals surface area contributed by atoms with E-state index in [9.17, 15) is 0 Å². The number of hydrogen-bond donors (Lipinski definition) is 3. The van der Waals surface area contributed by atoms with E-state index in [-0.39, 0.29) is 5.95 Å². The number of nitrogens with two attached hydrogens (primary N) is 2. The number of anilines is 3. The molecule has 84 valence electrons. The van der Waals surface area contributed by atoms with Gasteiger partial charge in [0.15, 0.2) is 0 Å². The standard InChI is InChI=1S/C9H18N6/c1-4-6(2)15(3)8-5-7(14-11)12-9(10)13-8/h5-6H,4,11H2,1-3H3,(H3,10,12,13,14). The summed E-state index contributed by atoms with van der Waals surface area (Å²) >= 11 is 0. The van der Waals surface area contributed by atoms with Crippen LogP contribution < -0.4 is 21.9 Å². The van der Waals surface area contributed by atoms with Crippen LogP contribution in [0.5, 0.6) is 0 Å². The second-order valence-electron chi connectivity index (χ2n) is 3.48. The Labute approximate surface area is 89.7 Å². The van der Waals surface area contributed by atoms with Gasteiger partial charge < -0.3 is 16.1 Å². The predicted octanol–water partition coefficient (Wildman–Crippen LogP) is 0.579. The summed E-state index contributed by atoms with van der Waals surface area (Å²) in [5.41, 5.74) is 8.03. The number of nitrogens with one attached hydrogen (secondary N) is 1. The highest BCUT2D eigenvalue weighted by Gasteiger charge is 2.11. The molecule has 5 N–H and O–H groups in total. The molecule has 0 saturated carbocycles. The Balaban J connectivity index is 2.97. The zero-order valence-electron chi connectivity index (χ0n) is 9.36. The fourth-order valence-corrected chi connectivity index (χ4v) is 1.21. The van der Waals surface area contributed by atoms with Crippen LogP contribution >= 0.6 is 0 Å². The topological polar surface area (TPSA) is 93.1 Å². The Bertz CT molecular complexity index is 326. The number of aromatic nitrogens is 2. The van der Waals surface area contributed by atoms with Crippen molar-refractivity contribution in [2.75, 3.05) is 23.1 Å². The van der Waals surface area contributed by atoms with Gasteiger partial charge in [0.05, 0.1) is 0 Å². The lowest BCUT2D eigenvalue weighted by molar-refractivity contribution is 0.657. The van der Waals surface area contributed by atoms with Crippen LogP contribution in [-0.2, 0) is 0 Å². The molecule has 1 aromatic heterocycles. The normalized spacial score (nSPS) is 12.3. The van der Waals surface area contributed by atoms with Gasteiger partial charge in [-0.3, -0.25) is 0 Å². The predicted molar refractivity (Wildman–Crippen MR) is 62.4 cm³/mol. The Morgan fingerprint density at radius 3 is 2.73 bits per heavy atom. The van der Waals surface area contributed by atoms with Crippen LogP contribution in [0.1, 0.15) is 20.3 Å². The first-order chi connectivity index (χ1) is 7.08. The molecule has 0 fully saturated rings. The van der Waals surface area contributed by atoms with Crippen molar-refractivity contribution in [2.24, 2.45) is 5.84 Å². The summed E-state index contributed by atoms with van der Waals surface area (Å²) in [6, 6.07) is 2.16. The van der Waals surface area contributed by atoms with Gasteiger partial charge in [0, 0.05) is 19.2 Å². The average Bonchev–Trinajstić information content (AvgIpc) is 2.26. The van der Waals surface area contributed by atoms with Gasteiger partial charge in [-0.15, -0.1) is 0 Å². The van der Waals surface area contributed by atoms with Crippen LogP contribution in [0.4, 0.5) is 17.6 Å². The molecule has 0 aliphatic heterocycles. The van der Waals surface area contributed by atoms with E-state index in [4.69, 9.17) is 11.6 Å². The van der Waals surface area contributed by atoms with Crippen LogP contribution in [0.25, 0.3) is 0 Å². The molecule has 0 aliphatic carbocycles. The zero-order chi connectivity index (χ0) is 11.4. The fourth-order valence-electron chi connectivity index (χ4n) is 1.21. The highest BCUT2D eigenvalue weighted by Crippen LogP contribution is 2.17. The summed E-state index contributed by atoms with van der Waals surface area (Å²) in [6.45, 7) is 4.24. The minimum Gasteiger partial charge on any atom is -0.368 e. The Hall–Kier alpha value is -1.56. The number of rotatable bonds is 4. The van der Waals surface area contributed by atoms with Gasteiger partial charge in [-0.25, -0.2) is 5.84 Å². The van der Waals surface area contributed by atoms with Crippen LogP contribution in [0.2, 0.25) is 0 Å². The Morgan fingerprint density at radius 2 is 2.20 bits per heavy atom. The van der Waals surface area contributed by atoms with Gasteiger partial charge in [0.2, 0.25) is 5.95 Å². The van der Waals surface area contributed by atoms with E-state index in [0.29, 0.717) is 11.9 Å². The SMILES string of the molecule is CCC(C)N(C)c1cc(NN)nc(N)n1. The fraction of sp³-hybridized carbons (Fsp3) is 0.556. The lowest BCUT2D eigenvalue weighted by atomic mass is 10.2. The van der Waals surface area contributed by atoms with Crippen LogP contribution in [0.15, 0.2) is 6.07 Å². The lowest BCUT2D eigenvalue weighted by Crippen LogP contribution is -2.29. The maximum atomic E-state index is 5.57. The molecule has 6 nitrogen and oxygen atoms in total. The van der Waals surface area contributed by atoms with Crippen molar-refractivity contribution in [1.29, 1.82) is 0 Å². The summed E-state index contributed by atoms with van der Waals surface area (Å²) in [5.74, 6) is 6.79. The van der Waals surface area contributed by atoms with E-state index < -0.39 is 0 Å². The molecule has 0 bridgehead atoms. The van der Waals surface area contributed by atoms with Crippen molar-refractivity contribution in [3.05, 3.63) is 6.07 Å². The quantitative estimate of drug-likeness (QED) is 0.497. The van der Waals surface area contributed by atoms with E-state index in [2.05, 4.69) is 29.2 Å². The molecule has 0 radical (unpaired) electrons. The van der Waals surface area contributed by atoms with E-state index in [1.807, 2.05) is 11.9 Å². The third-order valence-corrected chi connectivity index (χ3v) is 2.49. The Morgan fingerprint density at radius 1 is 1.53 bits per heavy atom. The van der Waals surface area contributed by atoms with Gasteiger partial charge in [-0.2, -0.15) is 9.97 Å². The minimum atomic E-state index is 0.218. The molecule has 0 spiro atoms. The van der Waals surface area contributed by atoms with Gasteiger partial charge >= 0.3 is 0 Å². The zero-order valence-corrected chi connectivity index (χ0v) is 9.36. The molecule has 0 amide bonds. The van der Waals surface area contributed by atoms with Crippen LogP contribution in [-0.4, -0.2) is 23.1 Å². The molecule has 1 atom stereocenters. The Kier molecular flexibility index (Phi) is 3.68. The number of hydrazine groups is 1. The largest absolute Gasteiger partial charge is 0.368 e. The molecule has 15 heavy (non-hydrogen) atoms. The van der Waals surface area contributed by atoms with Crippen molar-refractivity contribution in [1.82, 2.24) is 9.97 Å². The summed E-state index contributed by atoms with van der Waals surface area (Å²) in [4.78, 5) is 10.1. The smallest absolute Gasteiger partial charge is 0.223 e. The highest BCUT2D eigenvalue weighted by atomic mass is 15.3. The minimum absolute atomic E-state index is 0.218. The summed E-state index contributed by atoms with van der Waals surface area (Å²) in [5, 5.41) is 0. The third kappa shape index (κ3) is 2.69. The average molecular weight is 210 g/mol. The van der Waals surface area contributed by atoms with Crippen molar-refractivity contribution >= 4 is 17.6 Å². The molecule has 1 aromatic rings. The van der Waals surface area contributed by atoms with Crippen molar-refractivity contribution in [3.63, 3.8) is 0 Å². The highest BCUT2D eigenvalue weighted by molar-refractivity contribution is 5.52. The molecule has 1 unspecified atom stereocenters. The van der Waals surface area contributed by atoms with Gasteiger partial charge in [-0.05, 0) is 13.3 Å². The van der Waals surface area contributed by atoms with Crippen LogP contribution in [0, 0.1) is 0 Å². The van der Waals surface area contributed by atoms with Crippen molar-refractivity contribution in [2.45, 2.75) is 26.3 Å². The van der Waals surface area contributed by atoms with Gasteiger partial charge in [0.1, 0.15) is 11.6 Å². The van der Waals surface area contributed by atoms with E-state index in [1.54, 1.807) is 6.07 Å². The van der Waals surface area contributed by atoms with Crippen LogP contribution in [0.3, 0.4) is 0 Å². The van der Waals surface area contributed by atoms with E-state index in [1.165, 1.54) is 0 Å². The van der Waals surface area contributed by atoms with Crippen molar-refractivity contribution < 1.29 is 0 Å². The summed E-state index contributed by atoms with van der Waals surface area (Å²) in [6.07, 6.45) is 1.03. The van der Waals surface area contributed by atoms with E-state index >= 15 is 0 Å². The summed E-state index contributed by atoms with van der Waals surface area (Å²) in [7, 11) is 1.97. The molecule has 6 heteroatoms. The molecule has 1 heterocycles. The maximum Gasteiger partial charge on any atom is 0.223 e.